The van der Waals surface area contributed by atoms with Crippen LogP contribution in [-0.2, 0) is 19.6 Å². The number of carbonyl (C=O) groups excluding carboxylic acids is 1. The third kappa shape index (κ3) is 6.14. The van der Waals surface area contributed by atoms with Gasteiger partial charge in [0.1, 0.15) is 0 Å². The molecule has 1 atom stereocenters. The first-order valence-electron chi connectivity index (χ1n) is 9.17. The van der Waals surface area contributed by atoms with E-state index in [0.29, 0.717) is 24.3 Å². The summed E-state index contributed by atoms with van der Waals surface area (Å²) in [6.07, 6.45) is -21.3. The Labute approximate surface area is 204 Å². The van der Waals surface area contributed by atoms with Crippen LogP contribution in [0.1, 0.15) is 0 Å². The van der Waals surface area contributed by atoms with Crippen LogP contribution >= 0.6 is 0 Å². The van der Waals surface area contributed by atoms with Gasteiger partial charge < -0.3 is 10.1 Å². The first-order chi connectivity index (χ1) is 17.1. The molecule has 0 fully saturated rings. The predicted molar refractivity (Wildman–Crippen MR) is 101 cm³/mol. The number of anilines is 2. The summed E-state index contributed by atoms with van der Waals surface area (Å²) in [7, 11) is -3.22. The molecule has 1 heterocycles. The van der Waals surface area contributed by atoms with E-state index in [-0.39, 0.29) is 11.7 Å². The Bertz CT molecular complexity index is 1250. The summed E-state index contributed by atoms with van der Waals surface area (Å²) in [5.41, 5.74) is -0.945. The number of carbonyl (C=O) groups is 1. The number of sulfonamides is 1. The molecule has 1 aromatic heterocycles. The normalized spacial score (nSPS) is 14.9. The summed E-state index contributed by atoms with van der Waals surface area (Å²) in [6.45, 7) is 0. The van der Waals surface area contributed by atoms with Gasteiger partial charge in [-0.05, 0) is 30.3 Å². The maximum Gasteiger partial charge on any atom is 0.462 e. The van der Waals surface area contributed by atoms with Crippen molar-refractivity contribution in [2.75, 3.05) is 17.1 Å². The molecule has 0 saturated heterocycles. The highest BCUT2D eigenvalue weighted by molar-refractivity contribution is 7.92. The molecule has 2 N–H and O–H groups in total. The van der Waals surface area contributed by atoms with Crippen molar-refractivity contribution < 1.29 is 71.0 Å². The van der Waals surface area contributed by atoms with Gasteiger partial charge in [0.2, 0.25) is 5.88 Å². The van der Waals surface area contributed by atoms with Crippen molar-refractivity contribution in [3.63, 3.8) is 0 Å². The SMILES string of the molecule is COc1ccc(NS(=O)(=O)c2ccc(NC(=O)[C@](F)(OC(F)(F)C(F)(F)C(F)(F)F)C(F)(F)F)cc2)nn1. The molecule has 212 valence electrons. The zero-order valence-electron chi connectivity index (χ0n) is 18.0. The lowest BCUT2D eigenvalue weighted by atomic mass is 10.2. The number of amides is 1. The molecule has 0 aliphatic heterocycles. The monoisotopic (exact) mass is 592 g/mol. The largest absolute Gasteiger partial charge is 0.480 e. The van der Waals surface area contributed by atoms with Crippen LogP contribution in [0.5, 0.6) is 5.88 Å². The second-order valence-corrected chi connectivity index (χ2v) is 8.51. The molecule has 1 amide bonds. The van der Waals surface area contributed by atoms with Gasteiger partial charge in [-0.2, -0.15) is 48.3 Å². The van der Waals surface area contributed by atoms with Crippen LogP contribution in [0.2, 0.25) is 0 Å². The van der Waals surface area contributed by atoms with Gasteiger partial charge in [-0.25, -0.2) is 8.42 Å². The fourth-order valence-corrected chi connectivity index (χ4v) is 3.24. The highest BCUT2D eigenvalue weighted by Crippen LogP contribution is 2.51. The number of methoxy groups -OCH3 is 1. The Kier molecular flexibility index (Phi) is 8.09. The van der Waals surface area contributed by atoms with Gasteiger partial charge in [0.15, 0.2) is 5.82 Å². The van der Waals surface area contributed by atoms with Crippen LogP contribution in [0.3, 0.4) is 0 Å². The summed E-state index contributed by atoms with van der Waals surface area (Å²) < 4.78 is 176. The molecule has 2 aromatic rings. The third-order valence-electron chi connectivity index (χ3n) is 4.16. The number of halogens is 11. The summed E-state index contributed by atoms with van der Waals surface area (Å²) in [5, 5.41) is 7.90. The van der Waals surface area contributed by atoms with Gasteiger partial charge in [0, 0.05) is 11.8 Å². The average molecular weight is 592 g/mol. The molecule has 0 unspecified atom stereocenters. The van der Waals surface area contributed by atoms with Crippen LogP contribution < -0.4 is 14.8 Å². The lowest BCUT2D eigenvalue weighted by molar-refractivity contribution is -0.472. The molecule has 0 spiro atoms. The smallest absolute Gasteiger partial charge is 0.462 e. The van der Waals surface area contributed by atoms with Crippen molar-refractivity contribution in [1.29, 1.82) is 0 Å². The fraction of sp³-hybridized carbons (Fsp3) is 0.353. The maximum atomic E-state index is 14.3. The van der Waals surface area contributed by atoms with Crippen LogP contribution in [-0.4, -0.2) is 61.9 Å². The molecule has 1 aromatic carbocycles. The zero-order chi connectivity index (χ0) is 29.4. The minimum atomic E-state index is -7.35. The number of hydrogen-bond donors (Lipinski definition) is 2. The fourth-order valence-electron chi connectivity index (χ4n) is 2.25. The van der Waals surface area contributed by atoms with E-state index < -0.39 is 56.8 Å². The molecule has 0 aliphatic rings. The number of benzene rings is 1. The molecule has 9 nitrogen and oxygen atoms in total. The number of nitrogens with zero attached hydrogens (tertiary/aromatic N) is 2. The number of nitrogens with one attached hydrogen (secondary N) is 2. The van der Waals surface area contributed by atoms with Crippen molar-refractivity contribution in [3.8, 4) is 5.88 Å². The molecule has 21 heteroatoms. The van der Waals surface area contributed by atoms with E-state index in [2.05, 4.69) is 14.9 Å². The molecule has 0 bridgehead atoms. The van der Waals surface area contributed by atoms with E-state index >= 15 is 0 Å². The van der Waals surface area contributed by atoms with E-state index in [1.807, 2.05) is 4.72 Å². The number of ether oxygens (including phenoxy) is 2. The van der Waals surface area contributed by atoms with Gasteiger partial charge in [0.25, 0.3) is 15.9 Å². The summed E-state index contributed by atoms with van der Waals surface area (Å²) in [6, 6.07) is 4.50. The second-order valence-electron chi connectivity index (χ2n) is 6.83. The topological polar surface area (TPSA) is 120 Å². The van der Waals surface area contributed by atoms with Crippen molar-refractivity contribution in [1.82, 2.24) is 10.2 Å². The number of alkyl halides is 11. The number of hydrogen-bond acceptors (Lipinski definition) is 7. The van der Waals surface area contributed by atoms with E-state index in [1.165, 1.54) is 13.2 Å². The summed E-state index contributed by atoms with van der Waals surface area (Å²) in [4.78, 5) is 11.1. The quantitative estimate of drug-likeness (QED) is 0.418. The minimum absolute atomic E-state index is 0.0136. The Balaban J connectivity index is 2.28. The van der Waals surface area contributed by atoms with Gasteiger partial charge in [-0.15, -0.1) is 10.2 Å². The molecule has 38 heavy (non-hydrogen) atoms. The van der Waals surface area contributed by atoms with Gasteiger partial charge in [-0.1, -0.05) is 0 Å². The Hall–Kier alpha value is -3.49. The predicted octanol–water partition coefficient (Wildman–Crippen LogP) is 4.26. The molecular formula is C17H11F11N4O5S. The standard InChI is InChI=1S/C17H11F11N4O5S/c1-36-11-7-6-10(30-31-11)32-38(34,35)9-4-2-8(3-5-9)29-12(33)13(18,15(21,22)23)37-17(27,28)14(19,20)16(24,25)26/h2-7H,1H3,(H,29,33)(H,30,32)/t13-/m0/s1. The zero-order valence-corrected chi connectivity index (χ0v) is 18.8. The highest BCUT2D eigenvalue weighted by atomic mass is 32.2. The second kappa shape index (κ2) is 10.0. The van der Waals surface area contributed by atoms with E-state index in [9.17, 15) is 61.5 Å². The summed E-state index contributed by atoms with van der Waals surface area (Å²) in [5.74, 6) is -17.4. The van der Waals surface area contributed by atoms with Gasteiger partial charge in [-0.3, -0.25) is 14.3 Å². The average Bonchev–Trinajstić information content (AvgIpc) is 2.77. The Morgan fingerprint density at radius 3 is 1.79 bits per heavy atom. The Morgan fingerprint density at radius 2 is 1.37 bits per heavy atom. The van der Waals surface area contributed by atoms with Crippen molar-refractivity contribution in [3.05, 3.63) is 36.4 Å². The van der Waals surface area contributed by atoms with Crippen molar-refractivity contribution >= 4 is 27.4 Å². The highest BCUT2D eigenvalue weighted by Gasteiger charge is 2.79. The van der Waals surface area contributed by atoms with Crippen LogP contribution in [0.25, 0.3) is 0 Å². The Morgan fingerprint density at radius 1 is 0.816 bits per heavy atom. The molecule has 0 aliphatic carbocycles. The molecule has 0 saturated carbocycles. The van der Waals surface area contributed by atoms with Crippen LogP contribution in [0.15, 0.2) is 41.3 Å². The van der Waals surface area contributed by atoms with Crippen LogP contribution in [0, 0.1) is 0 Å². The molecular weight excluding hydrogens is 581 g/mol. The maximum absolute atomic E-state index is 14.3. The lowest BCUT2D eigenvalue weighted by Gasteiger charge is -2.34. The molecule has 0 radical (unpaired) electrons. The summed E-state index contributed by atoms with van der Waals surface area (Å²) >= 11 is 0. The number of rotatable bonds is 9. The minimum Gasteiger partial charge on any atom is -0.480 e. The van der Waals surface area contributed by atoms with E-state index in [1.54, 1.807) is 0 Å². The van der Waals surface area contributed by atoms with E-state index in [0.717, 1.165) is 11.4 Å². The molecule has 2 rings (SSSR count). The van der Waals surface area contributed by atoms with Crippen molar-refractivity contribution in [2.24, 2.45) is 0 Å². The van der Waals surface area contributed by atoms with Gasteiger partial charge in [0.05, 0.1) is 12.0 Å². The first kappa shape index (κ1) is 30.7. The third-order valence-corrected chi connectivity index (χ3v) is 5.53. The first-order valence-corrected chi connectivity index (χ1v) is 10.7. The van der Waals surface area contributed by atoms with Gasteiger partial charge >= 0.3 is 30.2 Å². The van der Waals surface area contributed by atoms with Crippen LogP contribution in [0.4, 0.5) is 59.8 Å². The lowest BCUT2D eigenvalue weighted by Crippen LogP contribution is -2.62. The van der Waals surface area contributed by atoms with Crippen molar-refractivity contribution in [2.45, 2.75) is 35.1 Å². The number of aromatic nitrogens is 2. The van der Waals surface area contributed by atoms with E-state index in [4.69, 9.17) is 4.74 Å².